The first-order valence-corrected chi connectivity index (χ1v) is 8.18. The van der Waals surface area contributed by atoms with Crippen molar-refractivity contribution in [3.8, 4) is 0 Å². The Morgan fingerprint density at radius 2 is 2.08 bits per heavy atom. The number of aliphatic carboxylic acids is 1. The molecule has 0 aromatic heterocycles. The minimum atomic E-state index is -0.876. The predicted octanol–water partition coefficient (Wildman–Crippen LogP) is 2.72. The maximum absolute atomic E-state index is 11.9. The molecule has 0 aliphatic carbocycles. The van der Waals surface area contributed by atoms with Gasteiger partial charge in [0.2, 0.25) is 0 Å². The minimum Gasteiger partial charge on any atom is -0.480 e. The van der Waals surface area contributed by atoms with Crippen LogP contribution in [-0.4, -0.2) is 46.8 Å². The molecule has 1 fully saturated rings. The summed E-state index contributed by atoms with van der Waals surface area (Å²) in [5.41, 5.74) is 1.25. The monoisotopic (exact) mass is 334 g/mol. The highest BCUT2D eigenvalue weighted by Gasteiger charge is 2.34. The van der Waals surface area contributed by atoms with Gasteiger partial charge in [-0.2, -0.15) is 0 Å². The molecule has 1 aliphatic heterocycles. The van der Waals surface area contributed by atoms with Crippen LogP contribution in [0, 0.1) is 6.92 Å². The summed E-state index contributed by atoms with van der Waals surface area (Å²) < 4.78 is 5.26. The largest absolute Gasteiger partial charge is 0.480 e. The summed E-state index contributed by atoms with van der Waals surface area (Å²) in [5.74, 6) is -0.876. The molecule has 1 aliphatic rings. The van der Waals surface area contributed by atoms with Gasteiger partial charge in [-0.1, -0.05) is 29.8 Å². The highest BCUT2D eigenvalue weighted by atomic mass is 16.6. The first-order chi connectivity index (χ1) is 11.2. The summed E-state index contributed by atoms with van der Waals surface area (Å²) in [6.45, 7) is 8.48. The molecule has 6 heteroatoms. The Morgan fingerprint density at radius 1 is 1.38 bits per heavy atom. The van der Waals surface area contributed by atoms with Crippen LogP contribution in [-0.2, 0) is 9.53 Å². The third-order valence-electron chi connectivity index (χ3n) is 3.90. The number of likely N-dealkylation sites (tertiary alicyclic amines) is 1. The van der Waals surface area contributed by atoms with Crippen molar-refractivity contribution in [2.24, 2.45) is 0 Å². The van der Waals surface area contributed by atoms with E-state index in [0.717, 1.165) is 11.1 Å². The van der Waals surface area contributed by atoms with E-state index in [1.807, 2.05) is 56.9 Å². The number of ether oxygens (including phenoxy) is 1. The fourth-order valence-electron chi connectivity index (χ4n) is 2.96. The summed E-state index contributed by atoms with van der Waals surface area (Å²) >= 11 is 0. The number of alkyl carbamates (subject to hydrolysis) is 1. The summed E-state index contributed by atoms with van der Waals surface area (Å²) in [5, 5.41) is 12.5. The molecule has 0 saturated carbocycles. The number of hydrogen-bond donors (Lipinski definition) is 2. The average Bonchev–Trinajstić information content (AvgIpc) is 2.84. The van der Waals surface area contributed by atoms with Gasteiger partial charge in [0, 0.05) is 19.1 Å². The van der Waals surface area contributed by atoms with Gasteiger partial charge in [0.25, 0.3) is 0 Å². The van der Waals surface area contributed by atoms with E-state index in [0.29, 0.717) is 19.5 Å². The Hall–Kier alpha value is -2.08. The number of benzene rings is 1. The fourth-order valence-corrected chi connectivity index (χ4v) is 2.96. The lowest BCUT2D eigenvalue weighted by Gasteiger charge is -2.25. The second-order valence-corrected chi connectivity index (χ2v) is 7.28. The van der Waals surface area contributed by atoms with Crippen LogP contribution in [0.3, 0.4) is 0 Å². The lowest BCUT2D eigenvalue weighted by molar-refractivity contribution is -0.143. The molecule has 0 radical (unpaired) electrons. The molecule has 0 spiro atoms. The maximum Gasteiger partial charge on any atom is 0.407 e. The molecule has 132 valence electrons. The first-order valence-electron chi connectivity index (χ1n) is 8.18. The number of rotatable bonds is 4. The number of carboxylic acid groups (broad SMARTS) is 1. The van der Waals surface area contributed by atoms with Crippen LogP contribution >= 0.6 is 0 Å². The molecule has 2 N–H and O–H groups in total. The van der Waals surface area contributed by atoms with E-state index in [1.165, 1.54) is 0 Å². The second-order valence-electron chi connectivity index (χ2n) is 7.28. The Balaban J connectivity index is 2.02. The molecule has 24 heavy (non-hydrogen) atoms. The summed E-state index contributed by atoms with van der Waals surface area (Å²) in [4.78, 5) is 25.5. The summed E-state index contributed by atoms with van der Waals surface area (Å²) in [6.07, 6.45) is 0.242. The van der Waals surface area contributed by atoms with Gasteiger partial charge in [0.05, 0.1) is 0 Å². The SMILES string of the molecule is Cc1cccc([C@H](C(=O)O)N2CC[C@@H](NC(=O)OC(C)(C)C)C2)c1. The highest BCUT2D eigenvalue weighted by Crippen LogP contribution is 2.26. The smallest absolute Gasteiger partial charge is 0.407 e. The topological polar surface area (TPSA) is 78.9 Å². The van der Waals surface area contributed by atoms with E-state index in [2.05, 4.69) is 5.32 Å². The normalized spacial score (nSPS) is 19.8. The summed E-state index contributed by atoms with van der Waals surface area (Å²) in [7, 11) is 0. The van der Waals surface area contributed by atoms with E-state index in [-0.39, 0.29) is 6.04 Å². The van der Waals surface area contributed by atoms with Crippen molar-refractivity contribution in [2.45, 2.75) is 51.8 Å². The molecule has 1 amide bonds. The van der Waals surface area contributed by atoms with E-state index in [4.69, 9.17) is 4.74 Å². The van der Waals surface area contributed by atoms with Gasteiger partial charge < -0.3 is 15.2 Å². The third kappa shape index (κ3) is 4.96. The Kier molecular flexibility index (Phi) is 5.49. The third-order valence-corrected chi connectivity index (χ3v) is 3.90. The summed E-state index contributed by atoms with van der Waals surface area (Å²) in [6, 6.07) is 6.74. The molecular formula is C18H26N2O4. The molecule has 6 nitrogen and oxygen atoms in total. The van der Waals surface area contributed by atoms with E-state index < -0.39 is 23.7 Å². The van der Waals surface area contributed by atoms with Crippen LogP contribution in [0.4, 0.5) is 4.79 Å². The lowest BCUT2D eigenvalue weighted by Crippen LogP contribution is -2.41. The van der Waals surface area contributed by atoms with Crippen LogP contribution in [0.2, 0.25) is 0 Å². The van der Waals surface area contributed by atoms with Crippen molar-refractivity contribution in [2.75, 3.05) is 13.1 Å². The van der Waals surface area contributed by atoms with Gasteiger partial charge in [-0.3, -0.25) is 9.69 Å². The Labute approximate surface area is 142 Å². The van der Waals surface area contributed by atoms with Gasteiger partial charge in [-0.15, -0.1) is 0 Å². The average molecular weight is 334 g/mol. The van der Waals surface area contributed by atoms with Gasteiger partial charge in [0.1, 0.15) is 11.6 Å². The number of nitrogens with one attached hydrogen (secondary N) is 1. The molecule has 2 atom stereocenters. The van der Waals surface area contributed by atoms with E-state index >= 15 is 0 Å². The number of nitrogens with zero attached hydrogens (tertiary/aromatic N) is 1. The number of hydrogen-bond acceptors (Lipinski definition) is 4. The van der Waals surface area contributed by atoms with Crippen molar-refractivity contribution < 1.29 is 19.4 Å². The molecule has 0 unspecified atom stereocenters. The van der Waals surface area contributed by atoms with Gasteiger partial charge in [0.15, 0.2) is 0 Å². The van der Waals surface area contributed by atoms with Crippen LogP contribution in [0.25, 0.3) is 0 Å². The number of carbonyl (C=O) groups excluding carboxylic acids is 1. The minimum absolute atomic E-state index is 0.105. The Bertz CT molecular complexity index is 609. The zero-order valence-electron chi connectivity index (χ0n) is 14.7. The maximum atomic E-state index is 11.9. The number of carbonyl (C=O) groups is 2. The number of carboxylic acids is 1. The second kappa shape index (κ2) is 7.21. The van der Waals surface area contributed by atoms with Crippen LogP contribution < -0.4 is 5.32 Å². The molecule has 1 aromatic carbocycles. The van der Waals surface area contributed by atoms with Crippen molar-refractivity contribution in [1.29, 1.82) is 0 Å². The van der Waals surface area contributed by atoms with E-state index in [1.54, 1.807) is 0 Å². The number of amides is 1. The van der Waals surface area contributed by atoms with Gasteiger partial charge in [-0.25, -0.2) is 4.79 Å². The standard InChI is InChI=1S/C18H26N2O4/c1-12-6-5-7-13(10-12)15(16(21)22)20-9-8-14(11-20)19-17(23)24-18(2,3)4/h5-7,10,14-15H,8-9,11H2,1-4H3,(H,19,23)(H,21,22)/t14-,15-/m1/s1. The zero-order valence-corrected chi connectivity index (χ0v) is 14.7. The van der Waals surface area contributed by atoms with Crippen molar-refractivity contribution in [3.63, 3.8) is 0 Å². The van der Waals surface area contributed by atoms with E-state index in [9.17, 15) is 14.7 Å². The van der Waals surface area contributed by atoms with Crippen molar-refractivity contribution in [3.05, 3.63) is 35.4 Å². The zero-order chi connectivity index (χ0) is 17.9. The molecular weight excluding hydrogens is 308 g/mol. The molecule has 1 saturated heterocycles. The van der Waals surface area contributed by atoms with Gasteiger partial charge in [-0.05, 0) is 39.7 Å². The van der Waals surface area contributed by atoms with Crippen LogP contribution in [0.5, 0.6) is 0 Å². The highest BCUT2D eigenvalue weighted by molar-refractivity contribution is 5.75. The molecule has 1 aromatic rings. The quantitative estimate of drug-likeness (QED) is 0.885. The molecule has 1 heterocycles. The molecule has 0 bridgehead atoms. The van der Waals surface area contributed by atoms with Crippen molar-refractivity contribution >= 4 is 12.1 Å². The van der Waals surface area contributed by atoms with Crippen molar-refractivity contribution in [1.82, 2.24) is 10.2 Å². The molecule has 2 rings (SSSR count). The van der Waals surface area contributed by atoms with Crippen LogP contribution in [0.1, 0.15) is 44.4 Å². The number of aryl methyl sites for hydroxylation is 1. The lowest BCUT2D eigenvalue weighted by atomic mass is 10.0. The van der Waals surface area contributed by atoms with Gasteiger partial charge >= 0.3 is 12.1 Å². The Morgan fingerprint density at radius 3 is 2.67 bits per heavy atom. The fraction of sp³-hybridized carbons (Fsp3) is 0.556. The predicted molar refractivity (Wildman–Crippen MR) is 90.9 cm³/mol. The first kappa shape index (κ1) is 18.3. The van der Waals surface area contributed by atoms with Crippen LogP contribution in [0.15, 0.2) is 24.3 Å².